The van der Waals surface area contributed by atoms with E-state index in [1.54, 1.807) is 23.1 Å². The van der Waals surface area contributed by atoms with E-state index in [1.165, 1.54) is 22.2 Å². The zero-order chi connectivity index (χ0) is 23.2. The summed E-state index contributed by atoms with van der Waals surface area (Å²) in [5.74, 6) is 0.161. The molecule has 1 aliphatic heterocycles. The van der Waals surface area contributed by atoms with E-state index in [1.807, 2.05) is 41.8 Å². The number of rotatable bonds is 6. The Kier molecular flexibility index (Phi) is 6.11. The number of amides is 1. The van der Waals surface area contributed by atoms with E-state index in [4.69, 9.17) is 9.72 Å². The molecule has 0 unspecified atom stereocenters. The van der Waals surface area contributed by atoms with Crippen LogP contribution in [0, 0.1) is 6.92 Å². The molecule has 0 fully saturated rings. The average molecular weight is 500 g/mol. The highest BCUT2D eigenvalue weighted by atomic mass is 32.2. The molecule has 1 atom stereocenters. The van der Waals surface area contributed by atoms with Crippen molar-refractivity contribution in [2.75, 3.05) is 17.3 Å². The Labute approximate surface area is 204 Å². The van der Waals surface area contributed by atoms with Gasteiger partial charge < -0.3 is 10.1 Å². The molecule has 0 radical (unpaired) electrons. The Hall–Kier alpha value is -2.14. The molecular formula is C23H25N5O2S3. The van der Waals surface area contributed by atoms with Gasteiger partial charge in [0.15, 0.2) is 16.0 Å². The molecule has 5 rings (SSSR count). The number of ether oxygens (including phenoxy) is 1. The van der Waals surface area contributed by atoms with Crippen LogP contribution in [0.15, 0.2) is 34.6 Å². The number of thiophene rings is 1. The summed E-state index contributed by atoms with van der Waals surface area (Å²) < 4.78 is 8.14. The molecule has 0 aliphatic carbocycles. The van der Waals surface area contributed by atoms with E-state index >= 15 is 0 Å². The molecule has 7 nitrogen and oxygen atoms in total. The second-order valence-electron chi connectivity index (χ2n) is 8.40. The van der Waals surface area contributed by atoms with Crippen LogP contribution >= 0.6 is 34.9 Å². The van der Waals surface area contributed by atoms with Crippen molar-refractivity contribution in [1.82, 2.24) is 19.6 Å². The second kappa shape index (κ2) is 8.90. The number of nitrogens with one attached hydrogen (secondary N) is 1. The Balaban J connectivity index is 1.47. The number of benzene rings is 1. The van der Waals surface area contributed by atoms with Gasteiger partial charge in [-0.1, -0.05) is 48.1 Å². The molecule has 10 heteroatoms. The molecule has 1 amide bonds. The van der Waals surface area contributed by atoms with Gasteiger partial charge in [-0.2, -0.15) is 0 Å². The molecule has 1 aliphatic rings. The van der Waals surface area contributed by atoms with Crippen LogP contribution in [0.4, 0.5) is 5.69 Å². The van der Waals surface area contributed by atoms with Gasteiger partial charge in [-0.3, -0.25) is 4.79 Å². The van der Waals surface area contributed by atoms with Crippen LogP contribution in [0.2, 0.25) is 0 Å². The van der Waals surface area contributed by atoms with E-state index in [2.05, 4.69) is 29.4 Å². The normalized spacial score (nSPS) is 18.1. The standard InChI is InChI=1S/C23H25N5O2S3/c1-5-23(3)10-15-16(11-30-23)33-20-18(15)19-26-27-22(28(19)21(25-20)31-4)32-12-17(29)24-14-8-6-13(2)7-9-14/h6-9H,5,10-12H2,1-4H3,(H,24,29)/t23-/m1/s1. The van der Waals surface area contributed by atoms with Gasteiger partial charge in [-0.15, -0.1) is 21.5 Å². The lowest BCUT2D eigenvalue weighted by Gasteiger charge is -2.32. The zero-order valence-electron chi connectivity index (χ0n) is 19.0. The molecule has 0 spiro atoms. The smallest absolute Gasteiger partial charge is 0.234 e. The van der Waals surface area contributed by atoms with Gasteiger partial charge >= 0.3 is 0 Å². The topological polar surface area (TPSA) is 81.4 Å². The van der Waals surface area contributed by atoms with Crippen LogP contribution in [-0.4, -0.2) is 43.1 Å². The van der Waals surface area contributed by atoms with Gasteiger partial charge in [-0.05, 0) is 44.2 Å². The fraction of sp³-hybridized carbons (Fsp3) is 0.391. The van der Waals surface area contributed by atoms with Crippen LogP contribution in [0.3, 0.4) is 0 Å². The maximum atomic E-state index is 12.5. The molecule has 1 aromatic carbocycles. The minimum absolute atomic E-state index is 0.0795. The predicted molar refractivity (Wildman–Crippen MR) is 136 cm³/mol. The number of carbonyl (C=O) groups excluding carboxylic acids is 1. The molecule has 4 heterocycles. The Bertz CT molecular complexity index is 1350. The number of hydrogen-bond donors (Lipinski definition) is 1. The molecule has 0 saturated heterocycles. The van der Waals surface area contributed by atoms with Crippen molar-refractivity contribution >= 4 is 62.3 Å². The number of hydrogen-bond acceptors (Lipinski definition) is 8. The summed E-state index contributed by atoms with van der Waals surface area (Å²) in [7, 11) is 0. The number of thioether (sulfide) groups is 2. The molecule has 3 aromatic heterocycles. The third-order valence-corrected chi connectivity index (χ3v) is 8.69. The minimum Gasteiger partial charge on any atom is -0.369 e. The maximum Gasteiger partial charge on any atom is 0.234 e. The number of fused-ring (bicyclic) bond motifs is 5. The van der Waals surface area contributed by atoms with Crippen molar-refractivity contribution in [1.29, 1.82) is 0 Å². The van der Waals surface area contributed by atoms with Crippen molar-refractivity contribution < 1.29 is 9.53 Å². The number of nitrogens with zero attached hydrogens (tertiary/aromatic N) is 4. The summed E-state index contributed by atoms with van der Waals surface area (Å²) in [4.78, 5) is 19.7. The Morgan fingerprint density at radius 2 is 2.06 bits per heavy atom. The van der Waals surface area contributed by atoms with E-state index in [0.717, 1.165) is 45.1 Å². The lowest BCUT2D eigenvalue weighted by Crippen LogP contribution is -2.33. The van der Waals surface area contributed by atoms with Crippen LogP contribution in [0.5, 0.6) is 0 Å². The molecule has 172 valence electrons. The molecule has 0 saturated carbocycles. The molecule has 1 N–H and O–H groups in total. The van der Waals surface area contributed by atoms with Crippen LogP contribution in [-0.2, 0) is 22.6 Å². The van der Waals surface area contributed by atoms with Gasteiger partial charge in [-0.25, -0.2) is 9.38 Å². The molecule has 0 bridgehead atoms. The number of anilines is 1. The highest BCUT2D eigenvalue weighted by Crippen LogP contribution is 2.42. The third kappa shape index (κ3) is 4.25. The Morgan fingerprint density at radius 1 is 1.27 bits per heavy atom. The summed E-state index contributed by atoms with van der Waals surface area (Å²) in [6.45, 7) is 6.95. The first-order valence-corrected chi connectivity index (χ1v) is 13.8. The van der Waals surface area contributed by atoms with Gasteiger partial charge in [0.05, 0.1) is 23.3 Å². The quantitative estimate of drug-likeness (QED) is 0.283. The summed E-state index contributed by atoms with van der Waals surface area (Å²) >= 11 is 4.61. The molecule has 33 heavy (non-hydrogen) atoms. The van der Waals surface area contributed by atoms with Gasteiger partial charge in [0.25, 0.3) is 0 Å². The first-order valence-electron chi connectivity index (χ1n) is 10.8. The summed E-state index contributed by atoms with van der Waals surface area (Å²) in [6.07, 6.45) is 3.78. The minimum atomic E-state index is -0.179. The van der Waals surface area contributed by atoms with Crippen LogP contribution < -0.4 is 5.32 Å². The van der Waals surface area contributed by atoms with Gasteiger partial charge in [0, 0.05) is 17.0 Å². The third-order valence-electron chi connectivity index (χ3n) is 6.02. The number of aryl methyl sites for hydroxylation is 1. The van der Waals surface area contributed by atoms with E-state index in [-0.39, 0.29) is 17.3 Å². The monoisotopic (exact) mass is 499 g/mol. The highest BCUT2D eigenvalue weighted by molar-refractivity contribution is 8.00. The summed E-state index contributed by atoms with van der Waals surface area (Å²) in [5.41, 5.74) is 3.85. The first-order chi connectivity index (χ1) is 15.9. The SMILES string of the molecule is CC[C@]1(C)Cc2c(sc3nc(SC)n4c(SCC(=O)Nc5ccc(C)cc5)nnc4c23)CO1. The van der Waals surface area contributed by atoms with E-state index < -0.39 is 0 Å². The largest absolute Gasteiger partial charge is 0.369 e. The van der Waals surface area contributed by atoms with Crippen LogP contribution in [0.1, 0.15) is 36.3 Å². The average Bonchev–Trinajstić information content (AvgIpc) is 3.39. The Morgan fingerprint density at radius 3 is 2.79 bits per heavy atom. The highest BCUT2D eigenvalue weighted by Gasteiger charge is 2.33. The zero-order valence-corrected chi connectivity index (χ0v) is 21.4. The summed E-state index contributed by atoms with van der Waals surface area (Å²) in [6, 6.07) is 7.77. The number of aromatic nitrogens is 4. The van der Waals surface area contributed by atoms with Crippen LogP contribution in [0.25, 0.3) is 15.9 Å². The van der Waals surface area contributed by atoms with Gasteiger partial charge in [0.1, 0.15) is 4.83 Å². The van der Waals surface area contributed by atoms with Crippen molar-refractivity contribution in [3.8, 4) is 0 Å². The first kappa shape index (κ1) is 22.6. The maximum absolute atomic E-state index is 12.5. The van der Waals surface area contributed by atoms with Gasteiger partial charge in [0.2, 0.25) is 5.91 Å². The lowest BCUT2D eigenvalue weighted by molar-refractivity contribution is -0.113. The fourth-order valence-corrected chi connectivity index (χ4v) is 6.42. The van der Waals surface area contributed by atoms with Crippen molar-refractivity contribution in [2.45, 2.75) is 56.1 Å². The second-order valence-corrected chi connectivity index (χ2v) is 11.2. The van der Waals surface area contributed by atoms with E-state index in [0.29, 0.717) is 11.8 Å². The lowest BCUT2D eigenvalue weighted by atomic mass is 9.90. The van der Waals surface area contributed by atoms with E-state index in [9.17, 15) is 4.79 Å². The molecular weight excluding hydrogens is 474 g/mol. The number of carbonyl (C=O) groups is 1. The predicted octanol–water partition coefficient (Wildman–Crippen LogP) is 5.34. The van der Waals surface area contributed by atoms with Crippen molar-refractivity contribution in [3.63, 3.8) is 0 Å². The molecule has 4 aromatic rings. The fourth-order valence-electron chi connectivity index (χ4n) is 3.94. The summed E-state index contributed by atoms with van der Waals surface area (Å²) in [5, 5.41) is 14.5. The van der Waals surface area contributed by atoms with Crippen molar-refractivity contribution in [2.24, 2.45) is 0 Å². The van der Waals surface area contributed by atoms with Crippen molar-refractivity contribution in [3.05, 3.63) is 40.3 Å².